The summed E-state index contributed by atoms with van der Waals surface area (Å²) in [4.78, 5) is 17.1. The van der Waals surface area contributed by atoms with Gasteiger partial charge in [0, 0.05) is 44.8 Å². The van der Waals surface area contributed by atoms with E-state index in [0.717, 1.165) is 48.9 Å². The summed E-state index contributed by atoms with van der Waals surface area (Å²) in [7, 11) is 1.64. The third-order valence-electron chi connectivity index (χ3n) is 6.11. The minimum Gasteiger partial charge on any atom is -0.497 e. The number of anilines is 1. The predicted molar refractivity (Wildman–Crippen MR) is 126 cm³/mol. The van der Waals surface area contributed by atoms with Crippen LogP contribution in [0, 0.1) is 5.82 Å². The number of amides is 1. The predicted octanol–water partition coefficient (Wildman–Crippen LogP) is 4.04. The maximum Gasteiger partial charge on any atom is 0.220 e. The third-order valence-corrected chi connectivity index (χ3v) is 6.11. The number of carbonyl (C=O) groups is 1. The first-order valence-electron chi connectivity index (χ1n) is 11.3. The van der Waals surface area contributed by atoms with Crippen LogP contribution in [0.5, 0.6) is 5.75 Å². The van der Waals surface area contributed by atoms with Gasteiger partial charge in [-0.05, 0) is 60.5 Å². The SMILES string of the molecule is COc1ccc(CCC(=O)NCC(c2ccco2)N2CCN(c3ccc(F)cc3)CC2)cc1. The molecule has 1 saturated heterocycles. The van der Waals surface area contributed by atoms with Crippen molar-refractivity contribution in [2.75, 3.05) is 44.7 Å². The number of hydrogen-bond acceptors (Lipinski definition) is 5. The van der Waals surface area contributed by atoms with Crippen molar-refractivity contribution in [2.45, 2.75) is 18.9 Å². The average Bonchev–Trinajstić information content (AvgIpc) is 3.39. The molecular formula is C26H30FN3O3. The van der Waals surface area contributed by atoms with Crippen LogP contribution in [0.25, 0.3) is 0 Å². The Kier molecular flexibility index (Phi) is 7.62. The highest BCUT2D eigenvalue weighted by molar-refractivity contribution is 5.76. The van der Waals surface area contributed by atoms with Crippen LogP contribution in [-0.4, -0.2) is 50.6 Å². The van der Waals surface area contributed by atoms with Gasteiger partial charge in [-0.25, -0.2) is 4.39 Å². The van der Waals surface area contributed by atoms with Crippen molar-refractivity contribution in [1.82, 2.24) is 10.2 Å². The number of methoxy groups -OCH3 is 1. The van der Waals surface area contributed by atoms with Crippen LogP contribution < -0.4 is 15.0 Å². The number of benzene rings is 2. The number of carbonyl (C=O) groups excluding carboxylic acids is 1. The van der Waals surface area contributed by atoms with Crippen molar-refractivity contribution in [3.63, 3.8) is 0 Å². The lowest BCUT2D eigenvalue weighted by atomic mass is 10.1. The Morgan fingerprint density at radius 1 is 1.06 bits per heavy atom. The van der Waals surface area contributed by atoms with E-state index in [1.807, 2.05) is 48.5 Å². The monoisotopic (exact) mass is 451 g/mol. The minimum atomic E-state index is -0.224. The number of furan rings is 1. The van der Waals surface area contributed by atoms with Gasteiger partial charge >= 0.3 is 0 Å². The maximum absolute atomic E-state index is 13.2. The molecule has 3 aromatic rings. The van der Waals surface area contributed by atoms with Gasteiger partial charge < -0.3 is 19.4 Å². The molecule has 4 rings (SSSR count). The second-order valence-corrected chi connectivity index (χ2v) is 8.18. The number of nitrogens with one attached hydrogen (secondary N) is 1. The molecule has 1 aliphatic rings. The van der Waals surface area contributed by atoms with Gasteiger partial charge in [-0.2, -0.15) is 0 Å². The smallest absolute Gasteiger partial charge is 0.220 e. The van der Waals surface area contributed by atoms with E-state index >= 15 is 0 Å². The van der Waals surface area contributed by atoms with Gasteiger partial charge in [0.15, 0.2) is 0 Å². The zero-order valence-corrected chi connectivity index (χ0v) is 18.9. The Morgan fingerprint density at radius 2 is 1.79 bits per heavy atom. The fourth-order valence-corrected chi connectivity index (χ4v) is 4.18. The quantitative estimate of drug-likeness (QED) is 0.532. The zero-order chi connectivity index (χ0) is 23.0. The molecular weight excluding hydrogens is 421 g/mol. The highest BCUT2D eigenvalue weighted by atomic mass is 19.1. The second-order valence-electron chi connectivity index (χ2n) is 8.18. The van der Waals surface area contributed by atoms with E-state index in [9.17, 15) is 9.18 Å². The lowest BCUT2D eigenvalue weighted by molar-refractivity contribution is -0.121. The molecule has 6 nitrogen and oxygen atoms in total. The Balaban J connectivity index is 1.30. The highest BCUT2D eigenvalue weighted by Crippen LogP contribution is 2.24. The Labute approximate surface area is 193 Å². The highest BCUT2D eigenvalue weighted by Gasteiger charge is 2.27. The normalized spacial score (nSPS) is 15.3. The second kappa shape index (κ2) is 11.0. The van der Waals surface area contributed by atoms with E-state index < -0.39 is 0 Å². The van der Waals surface area contributed by atoms with Gasteiger partial charge in [-0.15, -0.1) is 0 Å². The number of piperazine rings is 1. The Bertz CT molecular complexity index is 998. The lowest BCUT2D eigenvalue weighted by Crippen LogP contribution is -2.49. The number of aryl methyl sites for hydroxylation is 1. The van der Waals surface area contributed by atoms with E-state index in [1.165, 1.54) is 12.1 Å². The van der Waals surface area contributed by atoms with Crippen LogP contribution in [0.2, 0.25) is 0 Å². The van der Waals surface area contributed by atoms with Gasteiger partial charge in [0.05, 0.1) is 19.4 Å². The number of ether oxygens (including phenoxy) is 1. The van der Waals surface area contributed by atoms with Crippen LogP contribution in [0.4, 0.5) is 10.1 Å². The Morgan fingerprint density at radius 3 is 2.42 bits per heavy atom. The molecule has 2 heterocycles. The number of rotatable bonds is 9. The molecule has 0 spiro atoms. The summed E-state index contributed by atoms with van der Waals surface area (Å²) in [5, 5.41) is 3.09. The van der Waals surface area contributed by atoms with Gasteiger partial charge in [-0.3, -0.25) is 9.69 Å². The molecule has 174 valence electrons. The van der Waals surface area contributed by atoms with Crippen LogP contribution in [-0.2, 0) is 11.2 Å². The van der Waals surface area contributed by atoms with Gasteiger partial charge in [0.25, 0.3) is 0 Å². The molecule has 33 heavy (non-hydrogen) atoms. The topological polar surface area (TPSA) is 58.0 Å². The molecule has 0 aliphatic carbocycles. The number of hydrogen-bond donors (Lipinski definition) is 1. The van der Waals surface area contributed by atoms with Crippen LogP contribution in [0.1, 0.15) is 23.8 Å². The minimum absolute atomic E-state index is 0.0207. The lowest BCUT2D eigenvalue weighted by Gasteiger charge is -2.39. The fraction of sp³-hybridized carbons (Fsp3) is 0.346. The summed E-state index contributed by atoms with van der Waals surface area (Å²) in [5.74, 6) is 1.45. The van der Waals surface area contributed by atoms with Gasteiger partial charge in [0.1, 0.15) is 17.3 Å². The molecule has 0 saturated carbocycles. The molecule has 0 bridgehead atoms. The van der Waals surface area contributed by atoms with Crippen molar-refractivity contribution in [3.8, 4) is 5.75 Å². The first-order chi connectivity index (χ1) is 16.1. The summed E-state index contributed by atoms with van der Waals surface area (Å²) in [6.45, 7) is 3.79. The number of halogens is 1. The summed E-state index contributed by atoms with van der Waals surface area (Å²) in [6, 6.07) is 18.2. The van der Waals surface area contributed by atoms with Crippen molar-refractivity contribution < 1.29 is 18.3 Å². The van der Waals surface area contributed by atoms with Crippen LogP contribution >= 0.6 is 0 Å². The van der Waals surface area contributed by atoms with E-state index in [2.05, 4.69) is 15.1 Å². The maximum atomic E-state index is 13.2. The summed E-state index contributed by atoms with van der Waals surface area (Å²) >= 11 is 0. The summed E-state index contributed by atoms with van der Waals surface area (Å²) in [6.07, 6.45) is 2.77. The largest absolute Gasteiger partial charge is 0.497 e. The molecule has 1 fully saturated rings. The standard InChI is InChI=1S/C26H30FN3O3/c1-32-23-11-4-20(5-12-23)6-13-26(31)28-19-24(25-3-2-18-33-25)30-16-14-29(15-17-30)22-9-7-21(27)8-10-22/h2-5,7-12,18,24H,6,13-17,19H2,1H3,(H,28,31). The zero-order valence-electron chi connectivity index (χ0n) is 18.9. The molecule has 1 aliphatic heterocycles. The van der Waals surface area contributed by atoms with E-state index in [0.29, 0.717) is 19.4 Å². The van der Waals surface area contributed by atoms with E-state index in [-0.39, 0.29) is 17.8 Å². The first-order valence-corrected chi connectivity index (χ1v) is 11.3. The van der Waals surface area contributed by atoms with Crippen molar-refractivity contribution in [2.24, 2.45) is 0 Å². The summed E-state index contributed by atoms with van der Waals surface area (Å²) in [5.41, 5.74) is 2.13. The Hall–Kier alpha value is -3.32. The van der Waals surface area contributed by atoms with Crippen molar-refractivity contribution >= 4 is 11.6 Å². The van der Waals surface area contributed by atoms with Gasteiger partial charge in [-0.1, -0.05) is 12.1 Å². The molecule has 1 aromatic heterocycles. The summed E-state index contributed by atoms with van der Waals surface area (Å²) < 4.78 is 24.1. The van der Waals surface area contributed by atoms with E-state index in [4.69, 9.17) is 9.15 Å². The molecule has 7 heteroatoms. The van der Waals surface area contributed by atoms with Gasteiger partial charge in [0.2, 0.25) is 5.91 Å². The average molecular weight is 452 g/mol. The fourth-order valence-electron chi connectivity index (χ4n) is 4.18. The molecule has 1 unspecified atom stereocenters. The first kappa shape index (κ1) is 22.9. The van der Waals surface area contributed by atoms with Crippen LogP contribution in [0.15, 0.2) is 71.3 Å². The molecule has 0 radical (unpaired) electrons. The molecule has 1 amide bonds. The van der Waals surface area contributed by atoms with E-state index in [1.54, 1.807) is 13.4 Å². The molecule has 1 N–H and O–H groups in total. The molecule has 2 aromatic carbocycles. The third kappa shape index (κ3) is 6.14. The molecule has 1 atom stereocenters. The van der Waals surface area contributed by atoms with Crippen LogP contribution in [0.3, 0.4) is 0 Å². The van der Waals surface area contributed by atoms with Crippen molar-refractivity contribution in [3.05, 3.63) is 84.1 Å². The van der Waals surface area contributed by atoms with Crippen molar-refractivity contribution in [1.29, 1.82) is 0 Å². The number of nitrogens with zero attached hydrogens (tertiary/aromatic N) is 2.